The van der Waals surface area contributed by atoms with Crippen LogP contribution in [0, 0.1) is 11.3 Å². The Morgan fingerprint density at radius 1 is 1.27 bits per heavy atom. The van der Waals surface area contributed by atoms with Crippen LogP contribution in [0.25, 0.3) is 0 Å². The Kier molecular flexibility index (Phi) is 7.21. The third kappa shape index (κ3) is 5.53. The highest BCUT2D eigenvalue weighted by atomic mass is 32.2. The molecule has 1 aliphatic heterocycles. The second-order valence-electron chi connectivity index (χ2n) is 6.48. The number of nitrogens with zero attached hydrogens (tertiary/aromatic N) is 3. The summed E-state index contributed by atoms with van der Waals surface area (Å²) in [6.45, 7) is 9.10. The van der Waals surface area contributed by atoms with E-state index in [0.29, 0.717) is 0 Å². The number of hydrogen-bond donors (Lipinski definition) is 1. The van der Waals surface area contributed by atoms with E-state index in [1.807, 2.05) is 6.92 Å². The molecule has 4 nitrogen and oxygen atoms in total. The first-order valence-electron chi connectivity index (χ1n) is 7.64. The number of allylic oxidation sites excluding steroid dienone is 6. The van der Waals surface area contributed by atoms with Gasteiger partial charge in [0.15, 0.2) is 0 Å². The zero-order valence-electron chi connectivity index (χ0n) is 14.4. The Bertz CT molecular complexity index is 505. The molecule has 0 atom stereocenters. The molecule has 0 radical (unpaired) electrons. The molecule has 0 saturated carbocycles. The number of hydrogen-bond acceptors (Lipinski definition) is 4. The average Bonchev–Trinajstić information content (AvgIpc) is 2.46. The molecular weight excluding hydrogens is 294 g/mol. The highest BCUT2D eigenvalue weighted by molar-refractivity contribution is 7.93. The summed E-state index contributed by atoms with van der Waals surface area (Å²) >= 11 is 0.920. The largest absolute Gasteiger partial charge is 0.349 e. The molecule has 1 rings (SSSR count). The molecule has 1 N–H and O–H groups in total. The van der Waals surface area contributed by atoms with Gasteiger partial charge in [-0.05, 0) is 50.5 Å². The van der Waals surface area contributed by atoms with Gasteiger partial charge in [0, 0.05) is 29.9 Å². The molecule has 0 fully saturated rings. The topological polar surface area (TPSA) is 47.3 Å². The molecule has 1 aliphatic rings. The highest BCUT2D eigenvalue weighted by Gasteiger charge is 2.18. The molecule has 0 aromatic heterocycles. The maximum absolute atomic E-state index is 9.03. The van der Waals surface area contributed by atoms with E-state index in [-0.39, 0.29) is 0 Å². The lowest BCUT2D eigenvalue weighted by molar-refractivity contribution is -0.888. The third-order valence-corrected chi connectivity index (χ3v) is 4.48. The Balaban J connectivity index is 2.62. The van der Waals surface area contributed by atoms with Gasteiger partial charge in [-0.25, -0.2) is 0 Å². The van der Waals surface area contributed by atoms with Crippen LogP contribution in [0.1, 0.15) is 27.2 Å². The van der Waals surface area contributed by atoms with Crippen LogP contribution in [0.2, 0.25) is 0 Å². The van der Waals surface area contributed by atoms with Crippen LogP contribution in [0.4, 0.5) is 0 Å². The molecule has 0 spiro atoms. The predicted molar refractivity (Wildman–Crippen MR) is 94.1 cm³/mol. The molecule has 122 valence electrons. The lowest BCUT2D eigenvalue weighted by atomic mass is 10.0. The molecule has 0 amide bonds. The molecule has 22 heavy (non-hydrogen) atoms. The van der Waals surface area contributed by atoms with Gasteiger partial charge in [-0.1, -0.05) is 0 Å². The fourth-order valence-electron chi connectivity index (χ4n) is 2.62. The van der Waals surface area contributed by atoms with E-state index in [4.69, 9.17) is 9.81 Å². The van der Waals surface area contributed by atoms with Gasteiger partial charge in [0.25, 0.3) is 0 Å². The first-order chi connectivity index (χ1) is 10.3. The Labute approximate surface area is 139 Å². The van der Waals surface area contributed by atoms with Gasteiger partial charge in [-0.15, -0.1) is 0 Å². The van der Waals surface area contributed by atoms with Crippen molar-refractivity contribution in [3.8, 4) is 6.07 Å². The lowest BCUT2D eigenvalue weighted by Gasteiger charge is -2.33. The number of rotatable bonds is 7. The zero-order chi connectivity index (χ0) is 16.8. The van der Waals surface area contributed by atoms with E-state index in [0.717, 1.165) is 59.5 Å². The van der Waals surface area contributed by atoms with E-state index in [1.165, 1.54) is 11.4 Å². The van der Waals surface area contributed by atoms with Crippen molar-refractivity contribution in [2.45, 2.75) is 27.2 Å². The van der Waals surface area contributed by atoms with E-state index in [9.17, 15) is 0 Å². The summed E-state index contributed by atoms with van der Waals surface area (Å²) in [7, 11) is 4.41. The fourth-order valence-corrected chi connectivity index (χ4v) is 3.19. The zero-order valence-corrected chi connectivity index (χ0v) is 15.2. The summed E-state index contributed by atoms with van der Waals surface area (Å²) in [4.78, 5) is 2.31. The van der Waals surface area contributed by atoms with Gasteiger partial charge in [0.2, 0.25) is 0 Å². The Morgan fingerprint density at radius 2 is 1.86 bits per heavy atom. The van der Waals surface area contributed by atoms with Gasteiger partial charge in [-0.3, -0.25) is 0 Å². The van der Waals surface area contributed by atoms with Crippen molar-refractivity contribution < 1.29 is 9.04 Å². The first-order valence-corrected chi connectivity index (χ1v) is 8.58. The van der Waals surface area contributed by atoms with Crippen LogP contribution in [-0.4, -0.2) is 53.4 Å². The highest BCUT2D eigenvalue weighted by Crippen LogP contribution is 2.24. The molecule has 0 bridgehead atoms. The summed E-state index contributed by atoms with van der Waals surface area (Å²) in [5.41, 5.74) is 4.17. The normalized spacial score (nSPS) is 15.3. The van der Waals surface area contributed by atoms with Crippen molar-refractivity contribution in [3.05, 3.63) is 34.7 Å². The molecule has 5 heteroatoms. The van der Waals surface area contributed by atoms with Crippen LogP contribution < -0.4 is 0 Å². The monoisotopic (exact) mass is 322 g/mol. The standard InChI is InChI=1S/C17H27N3OS/c1-14(13-18)17-11-15(2)19(16(3)12-17)7-6-8-20(4,5)9-10-22-21/h11-12H,6-10H2,1-5H3/p+1. The summed E-state index contributed by atoms with van der Waals surface area (Å²) in [5, 5.41) is 9.03. The maximum atomic E-state index is 9.03. The molecule has 0 unspecified atom stereocenters. The Morgan fingerprint density at radius 3 is 2.36 bits per heavy atom. The average molecular weight is 322 g/mol. The van der Waals surface area contributed by atoms with E-state index in [2.05, 4.69) is 51.1 Å². The molecule has 0 saturated heterocycles. The summed E-state index contributed by atoms with van der Waals surface area (Å²) in [6, 6.07) is 2.22. The first kappa shape index (κ1) is 18.8. The molecule has 0 aromatic carbocycles. The summed E-state index contributed by atoms with van der Waals surface area (Å²) in [5.74, 6) is 0.774. The molecule has 0 aromatic rings. The van der Waals surface area contributed by atoms with Gasteiger partial charge >= 0.3 is 0 Å². The minimum Gasteiger partial charge on any atom is -0.349 e. The van der Waals surface area contributed by atoms with Crippen molar-refractivity contribution in [2.75, 3.05) is 39.5 Å². The maximum Gasteiger partial charge on any atom is 0.0950 e. The van der Waals surface area contributed by atoms with Crippen molar-refractivity contribution >= 4 is 12.0 Å². The van der Waals surface area contributed by atoms with Crippen molar-refractivity contribution in [3.63, 3.8) is 0 Å². The SMILES string of the molecule is CC1=CC(=C(C)C#N)C=C(C)N1CCC[N+](C)(C)CCSO. The number of nitriles is 1. The van der Waals surface area contributed by atoms with Crippen LogP contribution >= 0.6 is 12.0 Å². The van der Waals surface area contributed by atoms with Crippen LogP contribution in [-0.2, 0) is 0 Å². The van der Waals surface area contributed by atoms with Crippen molar-refractivity contribution in [2.24, 2.45) is 0 Å². The third-order valence-electron chi connectivity index (χ3n) is 4.11. The predicted octanol–water partition coefficient (Wildman–Crippen LogP) is 3.62. The summed E-state index contributed by atoms with van der Waals surface area (Å²) in [6.07, 6.45) is 5.28. The van der Waals surface area contributed by atoms with Crippen LogP contribution in [0.15, 0.2) is 34.7 Å². The molecule has 0 aliphatic carbocycles. The van der Waals surface area contributed by atoms with Crippen LogP contribution in [0.5, 0.6) is 0 Å². The van der Waals surface area contributed by atoms with Gasteiger partial charge < -0.3 is 13.9 Å². The van der Waals surface area contributed by atoms with E-state index < -0.39 is 0 Å². The summed E-state index contributed by atoms with van der Waals surface area (Å²) < 4.78 is 9.80. The van der Waals surface area contributed by atoms with Gasteiger partial charge in [0.1, 0.15) is 0 Å². The quantitative estimate of drug-likeness (QED) is 0.442. The minimum atomic E-state index is 0.762. The Hall–Kier alpha value is -1.22. The van der Waals surface area contributed by atoms with Gasteiger partial charge in [-0.2, -0.15) is 5.26 Å². The second-order valence-corrected chi connectivity index (χ2v) is 7.15. The lowest BCUT2D eigenvalue weighted by Crippen LogP contribution is -2.43. The van der Waals surface area contributed by atoms with E-state index in [1.54, 1.807) is 0 Å². The minimum absolute atomic E-state index is 0.762. The van der Waals surface area contributed by atoms with Crippen LogP contribution in [0.3, 0.4) is 0 Å². The number of quaternary nitrogens is 1. The van der Waals surface area contributed by atoms with Crippen molar-refractivity contribution in [1.82, 2.24) is 4.90 Å². The fraction of sp³-hybridized carbons (Fsp3) is 0.588. The van der Waals surface area contributed by atoms with Gasteiger partial charge in [0.05, 0.1) is 39.0 Å². The van der Waals surface area contributed by atoms with E-state index >= 15 is 0 Å². The van der Waals surface area contributed by atoms with Crippen molar-refractivity contribution in [1.29, 1.82) is 5.26 Å². The second kappa shape index (κ2) is 8.42. The molecular formula is C17H28N3OS+. The molecule has 1 heterocycles. The smallest absolute Gasteiger partial charge is 0.0950 e.